The average Bonchev–Trinajstić information content (AvgIpc) is 2.83. The molecule has 0 aliphatic rings. The molecular formula is C13H15N3O. The Bertz CT molecular complexity index is 465. The smallest absolute Gasteiger partial charge is 0.226 e. The molecule has 4 heteroatoms. The standard InChI is InChI=1S/C13H15N3O/c1-11(16-9-5-8-14-16)10-13(17)15-12-6-3-2-4-7-12/h2-9,11H,10H2,1H3,(H,15,17)/t11-/m0/s1. The fourth-order valence-corrected chi connectivity index (χ4v) is 1.64. The molecule has 0 unspecified atom stereocenters. The summed E-state index contributed by atoms with van der Waals surface area (Å²) in [6.07, 6.45) is 3.99. The first-order valence-electron chi connectivity index (χ1n) is 5.60. The second-order valence-electron chi connectivity index (χ2n) is 3.95. The number of hydrogen-bond donors (Lipinski definition) is 1. The Morgan fingerprint density at radius 2 is 2.12 bits per heavy atom. The Morgan fingerprint density at radius 3 is 2.76 bits per heavy atom. The predicted molar refractivity (Wildman–Crippen MR) is 66.6 cm³/mol. The number of nitrogens with one attached hydrogen (secondary N) is 1. The lowest BCUT2D eigenvalue weighted by molar-refractivity contribution is -0.116. The summed E-state index contributed by atoms with van der Waals surface area (Å²) >= 11 is 0. The summed E-state index contributed by atoms with van der Waals surface area (Å²) in [6, 6.07) is 11.4. The van der Waals surface area contributed by atoms with Gasteiger partial charge in [0.15, 0.2) is 0 Å². The summed E-state index contributed by atoms with van der Waals surface area (Å²) in [7, 11) is 0. The number of anilines is 1. The van der Waals surface area contributed by atoms with Crippen LogP contribution in [0.25, 0.3) is 0 Å². The van der Waals surface area contributed by atoms with Gasteiger partial charge in [0.2, 0.25) is 5.91 Å². The number of benzene rings is 1. The van der Waals surface area contributed by atoms with Crippen LogP contribution in [0, 0.1) is 0 Å². The van der Waals surface area contributed by atoms with E-state index in [1.165, 1.54) is 0 Å². The molecule has 1 amide bonds. The number of aromatic nitrogens is 2. The SMILES string of the molecule is C[C@@H](CC(=O)Nc1ccccc1)n1cccn1. The van der Waals surface area contributed by atoms with E-state index in [0.29, 0.717) is 6.42 Å². The topological polar surface area (TPSA) is 46.9 Å². The Balaban J connectivity index is 1.90. The first-order valence-corrected chi connectivity index (χ1v) is 5.60. The lowest BCUT2D eigenvalue weighted by atomic mass is 10.2. The largest absolute Gasteiger partial charge is 0.326 e. The predicted octanol–water partition coefficient (Wildman–Crippen LogP) is 2.47. The monoisotopic (exact) mass is 229 g/mol. The first kappa shape index (κ1) is 11.4. The average molecular weight is 229 g/mol. The van der Waals surface area contributed by atoms with Gasteiger partial charge >= 0.3 is 0 Å². The highest BCUT2D eigenvalue weighted by molar-refractivity contribution is 5.90. The van der Waals surface area contributed by atoms with Crippen molar-refractivity contribution in [1.82, 2.24) is 9.78 Å². The number of nitrogens with zero attached hydrogens (tertiary/aromatic N) is 2. The highest BCUT2D eigenvalue weighted by Gasteiger charge is 2.10. The van der Waals surface area contributed by atoms with Crippen LogP contribution < -0.4 is 5.32 Å². The second kappa shape index (κ2) is 5.30. The summed E-state index contributed by atoms with van der Waals surface area (Å²) in [4.78, 5) is 11.8. The molecule has 0 radical (unpaired) electrons. The summed E-state index contributed by atoms with van der Waals surface area (Å²) < 4.78 is 1.78. The molecule has 2 rings (SSSR count). The molecule has 1 aromatic carbocycles. The van der Waals surface area contributed by atoms with Gasteiger partial charge in [-0.25, -0.2) is 0 Å². The molecule has 2 aromatic rings. The van der Waals surface area contributed by atoms with Crippen molar-refractivity contribution < 1.29 is 4.79 Å². The molecule has 17 heavy (non-hydrogen) atoms. The van der Waals surface area contributed by atoms with E-state index in [0.717, 1.165) is 5.69 Å². The zero-order valence-electron chi connectivity index (χ0n) is 9.71. The van der Waals surface area contributed by atoms with Gasteiger partial charge in [0.05, 0.1) is 6.04 Å². The van der Waals surface area contributed by atoms with Crippen molar-refractivity contribution in [3.05, 3.63) is 48.8 Å². The van der Waals surface area contributed by atoms with Crippen LogP contribution in [0.1, 0.15) is 19.4 Å². The number of para-hydroxylation sites is 1. The van der Waals surface area contributed by atoms with E-state index in [2.05, 4.69) is 10.4 Å². The lowest BCUT2D eigenvalue weighted by Crippen LogP contribution is -2.17. The van der Waals surface area contributed by atoms with Crippen molar-refractivity contribution in [2.24, 2.45) is 0 Å². The Morgan fingerprint density at radius 1 is 1.35 bits per heavy atom. The minimum atomic E-state index is -0.000741. The van der Waals surface area contributed by atoms with Gasteiger partial charge in [-0.15, -0.1) is 0 Å². The highest BCUT2D eigenvalue weighted by Crippen LogP contribution is 2.11. The molecule has 1 N–H and O–H groups in total. The first-order chi connectivity index (χ1) is 8.25. The van der Waals surface area contributed by atoms with Crippen LogP contribution in [-0.2, 0) is 4.79 Å². The number of amides is 1. The quantitative estimate of drug-likeness (QED) is 0.875. The van der Waals surface area contributed by atoms with Crippen LogP contribution in [0.4, 0.5) is 5.69 Å². The molecule has 0 fully saturated rings. The van der Waals surface area contributed by atoms with E-state index in [9.17, 15) is 4.79 Å². The molecule has 0 saturated carbocycles. The van der Waals surface area contributed by atoms with Crippen molar-refractivity contribution in [2.75, 3.05) is 5.32 Å². The molecule has 0 aliphatic heterocycles. The number of rotatable bonds is 4. The molecule has 1 heterocycles. The van der Waals surface area contributed by atoms with Crippen molar-refractivity contribution in [3.8, 4) is 0 Å². The fraction of sp³-hybridized carbons (Fsp3) is 0.231. The maximum absolute atomic E-state index is 11.8. The molecule has 4 nitrogen and oxygen atoms in total. The van der Waals surface area contributed by atoms with Crippen molar-refractivity contribution in [2.45, 2.75) is 19.4 Å². The van der Waals surface area contributed by atoms with E-state index >= 15 is 0 Å². The highest BCUT2D eigenvalue weighted by atomic mass is 16.1. The van der Waals surface area contributed by atoms with Gasteiger partial charge in [-0.1, -0.05) is 18.2 Å². The molecule has 1 aromatic heterocycles. The molecule has 0 bridgehead atoms. The van der Waals surface area contributed by atoms with Gasteiger partial charge in [0.25, 0.3) is 0 Å². The van der Waals surface area contributed by atoms with Crippen LogP contribution in [-0.4, -0.2) is 15.7 Å². The van der Waals surface area contributed by atoms with E-state index in [1.807, 2.05) is 49.5 Å². The van der Waals surface area contributed by atoms with Crippen molar-refractivity contribution in [1.29, 1.82) is 0 Å². The number of hydrogen-bond acceptors (Lipinski definition) is 2. The number of carbonyl (C=O) groups excluding carboxylic acids is 1. The van der Waals surface area contributed by atoms with Crippen LogP contribution in [0.5, 0.6) is 0 Å². The third kappa shape index (κ3) is 3.17. The van der Waals surface area contributed by atoms with Crippen LogP contribution in [0.15, 0.2) is 48.8 Å². The maximum atomic E-state index is 11.8. The maximum Gasteiger partial charge on any atom is 0.226 e. The molecular weight excluding hydrogens is 214 g/mol. The molecule has 0 saturated heterocycles. The van der Waals surface area contributed by atoms with Crippen LogP contribution in [0.2, 0.25) is 0 Å². The molecule has 1 atom stereocenters. The number of carbonyl (C=O) groups is 1. The molecule has 0 spiro atoms. The molecule has 0 aliphatic carbocycles. The van der Waals surface area contributed by atoms with Gasteiger partial charge in [-0.3, -0.25) is 9.48 Å². The van der Waals surface area contributed by atoms with E-state index in [4.69, 9.17) is 0 Å². The van der Waals surface area contributed by atoms with Crippen LogP contribution in [0.3, 0.4) is 0 Å². The fourth-order valence-electron chi connectivity index (χ4n) is 1.64. The summed E-state index contributed by atoms with van der Waals surface area (Å²) in [5.74, 6) is -0.000741. The summed E-state index contributed by atoms with van der Waals surface area (Å²) in [5.41, 5.74) is 0.824. The minimum absolute atomic E-state index is 0.000741. The normalized spacial score (nSPS) is 12.1. The van der Waals surface area contributed by atoms with Gasteiger partial charge in [0, 0.05) is 24.5 Å². The van der Waals surface area contributed by atoms with Crippen LogP contribution >= 0.6 is 0 Å². The van der Waals surface area contributed by atoms with E-state index < -0.39 is 0 Å². The van der Waals surface area contributed by atoms with E-state index in [1.54, 1.807) is 10.9 Å². The summed E-state index contributed by atoms with van der Waals surface area (Å²) in [6.45, 7) is 1.97. The van der Waals surface area contributed by atoms with Gasteiger partial charge in [-0.2, -0.15) is 5.10 Å². The molecule has 88 valence electrons. The van der Waals surface area contributed by atoms with Crippen molar-refractivity contribution in [3.63, 3.8) is 0 Å². The second-order valence-corrected chi connectivity index (χ2v) is 3.95. The zero-order chi connectivity index (χ0) is 12.1. The van der Waals surface area contributed by atoms with Gasteiger partial charge in [-0.05, 0) is 25.1 Å². The third-order valence-electron chi connectivity index (χ3n) is 2.51. The van der Waals surface area contributed by atoms with Gasteiger partial charge in [0.1, 0.15) is 0 Å². The Labute approximate surface area is 100 Å². The Hall–Kier alpha value is -2.10. The van der Waals surface area contributed by atoms with E-state index in [-0.39, 0.29) is 11.9 Å². The summed E-state index contributed by atoms with van der Waals surface area (Å²) in [5, 5.41) is 6.97. The zero-order valence-corrected chi connectivity index (χ0v) is 9.71. The van der Waals surface area contributed by atoms with Crippen molar-refractivity contribution >= 4 is 11.6 Å². The van der Waals surface area contributed by atoms with Gasteiger partial charge < -0.3 is 5.32 Å². The Kier molecular flexibility index (Phi) is 3.55. The minimum Gasteiger partial charge on any atom is -0.326 e. The lowest BCUT2D eigenvalue weighted by Gasteiger charge is -2.12. The third-order valence-corrected chi connectivity index (χ3v) is 2.51.